The van der Waals surface area contributed by atoms with Gasteiger partial charge in [-0.3, -0.25) is 0 Å². The molecule has 106 valence electrons. The molecule has 0 aliphatic rings. The summed E-state index contributed by atoms with van der Waals surface area (Å²) in [7, 11) is 1.66. The first-order valence-electron chi connectivity index (χ1n) is 6.37. The Morgan fingerprint density at radius 3 is 2.55 bits per heavy atom. The number of nitrogens with one attached hydrogen (secondary N) is 1. The van der Waals surface area contributed by atoms with Crippen molar-refractivity contribution < 1.29 is 4.74 Å². The Balaban J connectivity index is 2.19. The number of halogens is 2. The molecule has 2 aromatic rings. The minimum atomic E-state index is 0.150. The van der Waals surface area contributed by atoms with E-state index >= 15 is 0 Å². The van der Waals surface area contributed by atoms with Crippen molar-refractivity contribution in [1.82, 2.24) is 0 Å². The average molecular weight is 355 g/mol. The molecule has 0 spiro atoms. The lowest BCUT2D eigenvalue weighted by atomic mass is 10.1. The Hall–Kier alpha value is -1.19. The van der Waals surface area contributed by atoms with Gasteiger partial charge in [-0.1, -0.05) is 23.7 Å². The molecule has 0 amide bonds. The minimum absolute atomic E-state index is 0.150. The SMILES string of the molecule is COc1ccc(C(C)Nc2ccc(C)cc2Cl)cc1Br. The second-order valence-electron chi connectivity index (χ2n) is 4.74. The maximum Gasteiger partial charge on any atom is 0.133 e. The van der Waals surface area contributed by atoms with Crippen LogP contribution in [0.3, 0.4) is 0 Å². The first kappa shape index (κ1) is 15.2. The molecule has 0 fully saturated rings. The van der Waals surface area contributed by atoms with Crippen LogP contribution in [0, 0.1) is 6.92 Å². The average Bonchev–Trinajstić information content (AvgIpc) is 2.41. The molecule has 4 heteroatoms. The van der Waals surface area contributed by atoms with Crippen molar-refractivity contribution in [3.8, 4) is 5.75 Å². The monoisotopic (exact) mass is 353 g/mol. The molecule has 0 heterocycles. The molecule has 2 nitrogen and oxygen atoms in total. The zero-order valence-electron chi connectivity index (χ0n) is 11.7. The van der Waals surface area contributed by atoms with Gasteiger partial charge in [-0.25, -0.2) is 0 Å². The number of hydrogen-bond acceptors (Lipinski definition) is 2. The molecule has 0 bridgehead atoms. The Morgan fingerprint density at radius 1 is 1.20 bits per heavy atom. The van der Waals surface area contributed by atoms with Crippen molar-refractivity contribution in [2.45, 2.75) is 19.9 Å². The van der Waals surface area contributed by atoms with Crippen molar-refractivity contribution in [2.24, 2.45) is 0 Å². The third kappa shape index (κ3) is 3.47. The number of ether oxygens (including phenoxy) is 1. The van der Waals surface area contributed by atoms with Crippen LogP contribution in [0.25, 0.3) is 0 Å². The number of methoxy groups -OCH3 is 1. The van der Waals surface area contributed by atoms with E-state index < -0.39 is 0 Å². The van der Waals surface area contributed by atoms with Crippen LogP contribution in [0.15, 0.2) is 40.9 Å². The zero-order valence-corrected chi connectivity index (χ0v) is 14.0. The summed E-state index contributed by atoms with van der Waals surface area (Å²) in [5, 5.41) is 4.16. The predicted molar refractivity (Wildman–Crippen MR) is 88.9 cm³/mol. The van der Waals surface area contributed by atoms with Crippen LogP contribution < -0.4 is 10.1 Å². The summed E-state index contributed by atoms with van der Waals surface area (Å²) in [4.78, 5) is 0. The van der Waals surface area contributed by atoms with E-state index in [4.69, 9.17) is 16.3 Å². The molecule has 0 saturated carbocycles. The van der Waals surface area contributed by atoms with E-state index in [2.05, 4.69) is 34.2 Å². The normalized spacial score (nSPS) is 12.1. The summed E-state index contributed by atoms with van der Waals surface area (Å²) in [5.74, 6) is 0.828. The summed E-state index contributed by atoms with van der Waals surface area (Å²) in [6, 6.07) is 12.2. The minimum Gasteiger partial charge on any atom is -0.496 e. The fourth-order valence-corrected chi connectivity index (χ4v) is 2.85. The summed E-state index contributed by atoms with van der Waals surface area (Å²) in [6.45, 7) is 4.13. The third-order valence-electron chi connectivity index (χ3n) is 3.17. The second-order valence-corrected chi connectivity index (χ2v) is 6.00. The molecule has 1 N–H and O–H groups in total. The molecule has 1 unspecified atom stereocenters. The predicted octanol–water partition coefficient (Wildman–Crippen LogP) is 5.59. The molecule has 2 aromatic carbocycles. The Labute approximate surface area is 133 Å². The van der Waals surface area contributed by atoms with Crippen LogP contribution in [0.4, 0.5) is 5.69 Å². The Morgan fingerprint density at radius 2 is 1.95 bits per heavy atom. The van der Waals surface area contributed by atoms with Crippen molar-refractivity contribution in [3.05, 3.63) is 57.0 Å². The largest absolute Gasteiger partial charge is 0.496 e. The number of rotatable bonds is 4. The number of aryl methyl sites for hydroxylation is 1. The van der Waals surface area contributed by atoms with Crippen LogP contribution in [-0.4, -0.2) is 7.11 Å². The van der Waals surface area contributed by atoms with Gasteiger partial charge in [-0.2, -0.15) is 0 Å². The van der Waals surface area contributed by atoms with Gasteiger partial charge in [0.2, 0.25) is 0 Å². The van der Waals surface area contributed by atoms with Crippen LogP contribution >= 0.6 is 27.5 Å². The molecule has 1 atom stereocenters. The lowest BCUT2D eigenvalue weighted by Gasteiger charge is -2.18. The van der Waals surface area contributed by atoms with E-state index in [1.54, 1.807) is 7.11 Å². The second kappa shape index (κ2) is 6.51. The maximum atomic E-state index is 6.25. The number of anilines is 1. The summed E-state index contributed by atoms with van der Waals surface area (Å²) in [6.07, 6.45) is 0. The van der Waals surface area contributed by atoms with E-state index in [9.17, 15) is 0 Å². The van der Waals surface area contributed by atoms with Gasteiger partial charge in [0.25, 0.3) is 0 Å². The van der Waals surface area contributed by atoms with Gasteiger partial charge in [0.05, 0.1) is 22.3 Å². The lowest BCUT2D eigenvalue weighted by molar-refractivity contribution is 0.412. The van der Waals surface area contributed by atoms with Crippen LogP contribution in [-0.2, 0) is 0 Å². The van der Waals surface area contributed by atoms with Gasteiger partial charge in [-0.15, -0.1) is 0 Å². The fraction of sp³-hybridized carbons (Fsp3) is 0.250. The summed E-state index contributed by atoms with van der Waals surface area (Å²) in [5.41, 5.74) is 3.26. The molecule has 0 radical (unpaired) electrons. The maximum absolute atomic E-state index is 6.25. The highest BCUT2D eigenvalue weighted by molar-refractivity contribution is 9.10. The highest BCUT2D eigenvalue weighted by Crippen LogP contribution is 2.31. The summed E-state index contributed by atoms with van der Waals surface area (Å²) < 4.78 is 6.19. The van der Waals surface area contributed by atoms with Gasteiger partial charge < -0.3 is 10.1 Å². The van der Waals surface area contributed by atoms with E-state index in [0.717, 1.165) is 32.1 Å². The molecule has 20 heavy (non-hydrogen) atoms. The van der Waals surface area contributed by atoms with Crippen molar-refractivity contribution in [3.63, 3.8) is 0 Å². The molecule has 2 rings (SSSR count). The van der Waals surface area contributed by atoms with Crippen LogP contribution in [0.2, 0.25) is 5.02 Å². The van der Waals surface area contributed by atoms with Gasteiger partial charge >= 0.3 is 0 Å². The lowest BCUT2D eigenvalue weighted by Crippen LogP contribution is -2.07. The molecule has 0 aliphatic heterocycles. The highest BCUT2D eigenvalue weighted by Gasteiger charge is 2.10. The molecular formula is C16H17BrClNO. The Bertz CT molecular complexity index is 615. The topological polar surface area (TPSA) is 21.3 Å². The number of benzene rings is 2. The van der Waals surface area contributed by atoms with Crippen LogP contribution in [0.5, 0.6) is 5.75 Å². The first-order chi connectivity index (χ1) is 9.51. The fourth-order valence-electron chi connectivity index (χ4n) is 2.01. The molecule has 0 saturated heterocycles. The van der Waals surface area contributed by atoms with Gasteiger partial charge in [0.15, 0.2) is 0 Å². The third-order valence-corrected chi connectivity index (χ3v) is 4.10. The van der Waals surface area contributed by atoms with E-state index in [0.29, 0.717) is 0 Å². The molecular weight excluding hydrogens is 338 g/mol. The van der Waals surface area contributed by atoms with Gasteiger partial charge in [-0.05, 0) is 65.2 Å². The summed E-state index contributed by atoms with van der Waals surface area (Å²) >= 11 is 9.75. The van der Waals surface area contributed by atoms with E-state index in [1.165, 1.54) is 0 Å². The van der Waals surface area contributed by atoms with Gasteiger partial charge in [0, 0.05) is 6.04 Å². The molecule has 0 aliphatic carbocycles. The van der Waals surface area contributed by atoms with Crippen LogP contribution in [0.1, 0.15) is 24.1 Å². The smallest absolute Gasteiger partial charge is 0.133 e. The Kier molecular flexibility index (Phi) is 4.95. The van der Waals surface area contributed by atoms with Crippen molar-refractivity contribution >= 4 is 33.2 Å². The van der Waals surface area contributed by atoms with Crippen molar-refractivity contribution in [1.29, 1.82) is 0 Å². The van der Waals surface area contributed by atoms with E-state index in [-0.39, 0.29) is 6.04 Å². The zero-order chi connectivity index (χ0) is 14.7. The molecule has 0 aromatic heterocycles. The quantitative estimate of drug-likeness (QED) is 0.772. The van der Waals surface area contributed by atoms with Gasteiger partial charge in [0.1, 0.15) is 5.75 Å². The van der Waals surface area contributed by atoms with Crippen molar-refractivity contribution in [2.75, 3.05) is 12.4 Å². The standard InChI is InChI=1S/C16H17BrClNO/c1-10-4-6-15(14(18)8-10)19-11(2)12-5-7-16(20-3)13(17)9-12/h4-9,11,19H,1-3H3. The van der Waals surface area contributed by atoms with E-state index in [1.807, 2.05) is 37.3 Å². The number of hydrogen-bond donors (Lipinski definition) is 1. The highest BCUT2D eigenvalue weighted by atomic mass is 79.9. The first-order valence-corrected chi connectivity index (χ1v) is 7.54.